The number of hydrogen-bond donors (Lipinski definition) is 0. The Morgan fingerprint density at radius 3 is 2.24 bits per heavy atom. The van der Waals surface area contributed by atoms with Gasteiger partial charge in [0.1, 0.15) is 6.61 Å². The fraction of sp³-hybridized carbons (Fsp3) is 0.533. The van der Waals surface area contributed by atoms with E-state index in [9.17, 15) is 4.79 Å². The Bertz CT molecular complexity index is 384. The van der Waals surface area contributed by atoms with Crippen LogP contribution in [0.15, 0.2) is 12.1 Å². The van der Waals surface area contributed by atoms with Crippen LogP contribution in [0.5, 0.6) is 0 Å². The maximum Gasteiger partial charge on any atom is 0.189 e. The summed E-state index contributed by atoms with van der Waals surface area (Å²) in [5, 5.41) is 0. The summed E-state index contributed by atoms with van der Waals surface area (Å²) in [6.07, 6.45) is 1.07. The molecule has 0 aliphatic heterocycles. The predicted octanol–water partition coefficient (Wildman–Crippen LogP) is 3.61. The number of hydrogen-bond acceptors (Lipinski definition) is 2. The largest absolute Gasteiger partial charge is 0.370 e. The molecule has 94 valence electrons. The molecule has 2 nitrogen and oxygen atoms in total. The van der Waals surface area contributed by atoms with Crippen LogP contribution in [-0.4, -0.2) is 18.5 Å². The summed E-state index contributed by atoms with van der Waals surface area (Å²) in [5.74, 6) is 0.0836. The number of rotatable bonds is 5. The van der Waals surface area contributed by atoms with E-state index in [1.807, 2.05) is 39.8 Å². The van der Waals surface area contributed by atoms with E-state index in [4.69, 9.17) is 4.74 Å². The molecule has 1 rings (SSSR count). The molecule has 0 saturated carbocycles. The number of carbonyl (C=O) groups excluding carboxylic acids is 1. The van der Waals surface area contributed by atoms with Gasteiger partial charge in [-0.05, 0) is 45.2 Å². The lowest BCUT2D eigenvalue weighted by Gasteiger charge is -2.13. The first kappa shape index (κ1) is 13.9. The Morgan fingerprint density at radius 1 is 1.24 bits per heavy atom. The molecule has 0 radical (unpaired) electrons. The van der Waals surface area contributed by atoms with Crippen molar-refractivity contribution in [2.24, 2.45) is 0 Å². The standard InChI is InChI=1S/C15H22O2/c1-6-13(5)17-9-14(16)15-11(3)7-10(2)8-12(15)4/h7-8,13H,6,9H2,1-5H3. The molecule has 0 fully saturated rings. The van der Waals surface area contributed by atoms with Crippen LogP contribution in [0.3, 0.4) is 0 Å². The summed E-state index contributed by atoms with van der Waals surface area (Å²) in [4.78, 5) is 12.1. The number of ketones is 1. The van der Waals surface area contributed by atoms with Gasteiger partial charge in [-0.2, -0.15) is 0 Å². The van der Waals surface area contributed by atoms with Crippen LogP contribution in [0.4, 0.5) is 0 Å². The molecule has 0 aliphatic carbocycles. The Labute approximate surface area is 104 Å². The smallest absolute Gasteiger partial charge is 0.189 e. The van der Waals surface area contributed by atoms with Gasteiger partial charge in [0.15, 0.2) is 5.78 Å². The van der Waals surface area contributed by atoms with Crippen LogP contribution in [0.1, 0.15) is 47.3 Å². The Kier molecular flexibility index (Phi) is 4.88. The van der Waals surface area contributed by atoms with Crippen LogP contribution in [0, 0.1) is 20.8 Å². The molecule has 1 aromatic carbocycles. The van der Waals surface area contributed by atoms with Gasteiger partial charge in [0.05, 0.1) is 6.10 Å². The van der Waals surface area contributed by atoms with Crippen molar-refractivity contribution in [1.82, 2.24) is 0 Å². The summed E-state index contributed by atoms with van der Waals surface area (Å²) in [6, 6.07) is 4.09. The van der Waals surface area contributed by atoms with Gasteiger partial charge >= 0.3 is 0 Å². The first-order valence-electron chi connectivity index (χ1n) is 6.18. The minimum Gasteiger partial charge on any atom is -0.370 e. The molecule has 0 aliphatic rings. The molecule has 17 heavy (non-hydrogen) atoms. The van der Waals surface area contributed by atoms with Crippen molar-refractivity contribution in [2.75, 3.05) is 6.61 Å². The van der Waals surface area contributed by atoms with Crippen LogP contribution in [0.25, 0.3) is 0 Å². The zero-order valence-corrected chi connectivity index (χ0v) is 11.5. The SMILES string of the molecule is CCC(C)OCC(=O)c1c(C)cc(C)cc1C. The van der Waals surface area contributed by atoms with E-state index in [1.54, 1.807) is 0 Å². The summed E-state index contributed by atoms with van der Waals surface area (Å²) >= 11 is 0. The van der Waals surface area contributed by atoms with Crippen molar-refractivity contribution in [3.8, 4) is 0 Å². The van der Waals surface area contributed by atoms with Crippen molar-refractivity contribution in [1.29, 1.82) is 0 Å². The topological polar surface area (TPSA) is 26.3 Å². The lowest BCUT2D eigenvalue weighted by Crippen LogP contribution is -2.17. The van der Waals surface area contributed by atoms with Crippen molar-refractivity contribution in [2.45, 2.75) is 47.1 Å². The summed E-state index contributed by atoms with van der Waals surface area (Å²) in [5.41, 5.74) is 4.10. The number of Topliss-reactive ketones (excluding diaryl/α,β-unsaturated/α-hetero) is 1. The Balaban J connectivity index is 2.82. The first-order valence-corrected chi connectivity index (χ1v) is 6.18. The Morgan fingerprint density at radius 2 is 1.76 bits per heavy atom. The van der Waals surface area contributed by atoms with Gasteiger partial charge < -0.3 is 4.74 Å². The number of carbonyl (C=O) groups is 1. The van der Waals surface area contributed by atoms with Gasteiger partial charge in [0.2, 0.25) is 0 Å². The molecule has 0 saturated heterocycles. The van der Waals surface area contributed by atoms with Gasteiger partial charge in [-0.25, -0.2) is 0 Å². The van der Waals surface area contributed by atoms with Crippen LogP contribution in [0.2, 0.25) is 0 Å². The number of ether oxygens (including phenoxy) is 1. The third kappa shape index (κ3) is 3.67. The van der Waals surface area contributed by atoms with Gasteiger partial charge in [-0.15, -0.1) is 0 Å². The van der Waals surface area contributed by atoms with E-state index in [2.05, 4.69) is 6.92 Å². The molecule has 1 atom stereocenters. The lowest BCUT2D eigenvalue weighted by molar-refractivity contribution is 0.0510. The maximum absolute atomic E-state index is 12.1. The molecule has 0 amide bonds. The molecule has 2 heteroatoms. The fourth-order valence-corrected chi connectivity index (χ4v) is 2.03. The Hall–Kier alpha value is -1.15. The minimum absolute atomic E-state index is 0.0836. The normalized spacial score (nSPS) is 12.5. The summed E-state index contributed by atoms with van der Waals surface area (Å²) < 4.78 is 5.50. The molecule has 0 spiro atoms. The quantitative estimate of drug-likeness (QED) is 0.727. The molecule has 0 aromatic heterocycles. The van der Waals surface area contributed by atoms with Crippen molar-refractivity contribution in [3.63, 3.8) is 0 Å². The number of aryl methyl sites for hydroxylation is 3. The van der Waals surface area contributed by atoms with Gasteiger partial charge in [0, 0.05) is 5.56 Å². The van der Waals surface area contributed by atoms with E-state index in [0.29, 0.717) is 0 Å². The molecule has 0 bridgehead atoms. The third-order valence-electron chi connectivity index (χ3n) is 3.03. The van der Waals surface area contributed by atoms with E-state index >= 15 is 0 Å². The molecule has 0 N–H and O–H groups in total. The molecular weight excluding hydrogens is 212 g/mol. The van der Waals surface area contributed by atoms with Crippen molar-refractivity contribution in [3.05, 3.63) is 34.4 Å². The second-order valence-electron chi connectivity index (χ2n) is 4.73. The molecular formula is C15H22O2. The van der Waals surface area contributed by atoms with Crippen molar-refractivity contribution >= 4 is 5.78 Å². The highest BCUT2D eigenvalue weighted by Gasteiger charge is 2.13. The lowest BCUT2D eigenvalue weighted by atomic mass is 9.97. The van der Waals surface area contributed by atoms with E-state index < -0.39 is 0 Å². The molecule has 1 aromatic rings. The van der Waals surface area contributed by atoms with Gasteiger partial charge in [-0.3, -0.25) is 4.79 Å². The van der Waals surface area contributed by atoms with Crippen LogP contribution in [-0.2, 0) is 4.74 Å². The monoisotopic (exact) mass is 234 g/mol. The average molecular weight is 234 g/mol. The number of benzene rings is 1. The highest BCUT2D eigenvalue weighted by atomic mass is 16.5. The fourth-order valence-electron chi connectivity index (χ4n) is 2.03. The van der Waals surface area contributed by atoms with Crippen molar-refractivity contribution < 1.29 is 9.53 Å². The van der Waals surface area contributed by atoms with Crippen LogP contribution < -0.4 is 0 Å². The molecule has 1 unspecified atom stereocenters. The highest BCUT2D eigenvalue weighted by Crippen LogP contribution is 2.17. The predicted molar refractivity (Wildman–Crippen MR) is 70.7 cm³/mol. The first-order chi connectivity index (χ1) is 7.95. The second kappa shape index (κ2) is 5.97. The van der Waals surface area contributed by atoms with E-state index in [0.717, 1.165) is 23.1 Å². The summed E-state index contributed by atoms with van der Waals surface area (Å²) in [6.45, 7) is 10.2. The third-order valence-corrected chi connectivity index (χ3v) is 3.03. The van der Waals surface area contributed by atoms with Gasteiger partial charge in [0.25, 0.3) is 0 Å². The zero-order valence-electron chi connectivity index (χ0n) is 11.5. The molecule has 0 heterocycles. The van der Waals surface area contributed by atoms with Gasteiger partial charge in [-0.1, -0.05) is 24.6 Å². The zero-order chi connectivity index (χ0) is 13.0. The second-order valence-corrected chi connectivity index (χ2v) is 4.73. The maximum atomic E-state index is 12.1. The highest BCUT2D eigenvalue weighted by molar-refractivity contribution is 5.99. The van der Waals surface area contributed by atoms with E-state index in [-0.39, 0.29) is 18.5 Å². The average Bonchev–Trinajstić information content (AvgIpc) is 2.24. The summed E-state index contributed by atoms with van der Waals surface area (Å²) in [7, 11) is 0. The van der Waals surface area contributed by atoms with Crippen LogP contribution >= 0.6 is 0 Å². The van der Waals surface area contributed by atoms with E-state index in [1.165, 1.54) is 5.56 Å². The minimum atomic E-state index is 0.0836.